The maximum atomic E-state index is 13.4. The minimum atomic E-state index is -0.846. The summed E-state index contributed by atoms with van der Waals surface area (Å²) in [5.74, 6) is 0.829. The van der Waals surface area contributed by atoms with Gasteiger partial charge in [-0.15, -0.1) is 0 Å². The Labute approximate surface area is 81.9 Å². The van der Waals surface area contributed by atoms with E-state index in [2.05, 4.69) is 6.92 Å². The van der Waals surface area contributed by atoms with Crippen LogP contribution in [0, 0.1) is 5.92 Å². The molecule has 78 valence electrons. The molecule has 0 nitrogen and oxygen atoms in total. The van der Waals surface area contributed by atoms with Gasteiger partial charge in [-0.25, -0.2) is 4.39 Å². The normalized spacial score (nSPS) is 34.8. The fraction of sp³-hybridized carbons (Fsp3) is 1.00. The molecule has 1 aliphatic rings. The summed E-state index contributed by atoms with van der Waals surface area (Å²) < 4.78 is 13.4. The molecule has 1 heteroatoms. The minimum Gasteiger partial charge on any atom is -0.244 e. The van der Waals surface area contributed by atoms with Crippen molar-refractivity contribution in [1.82, 2.24) is 0 Å². The van der Waals surface area contributed by atoms with Crippen molar-refractivity contribution in [2.75, 3.05) is 0 Å². The lowest BCUT2D eigenvalue weighted by Crippen LogP contribution is -2.25. The van der Waals surface area contributed by atoms with Gasteiger partial charge >= 0.3 is 0 Å². The second-order valence-electron chi connectivity index (χ2n) is 4.85. The van der Waals surface area contributed by atoms with E-state index >= 15 is 0 Å². The minimum absolute atomic E-state index is 0.795. The van der Waals surface area contributed by atoms with Gasteiger partial charge in [-0.1, -0.05) is 32.6 Å². The molecule has 0 N–H and O–H groups in total. The third kappa shape index (κ3) is 4.10. The molecule has 0 spiro atoms. The van der Waals surface area contributed by atoms with Crippen LogP contribution in [-0.2, 0) is 0 Å². The summed E-state index contributed by atoms with van der Waals surface area (Å²) in [6, 6.07) is 0. The van der Waals surface area contributed by atoms with Gasteiger partial charge < -0.3 is 0 Å². The van der Waals surface area contributed by atoms with Crippen LogP contribution >= 0.6 is 0 Å². The molecule has 13 heavy (non-hydrogen) atoms. The Morgan fingerprint density at radius 3 is 2.38 bits per heavy atom. The molecule has 1 aliphatic carbocycles. The molecule has 0 heterocycles. The topological polar surface area (TPSA) is 0 Å². The zero-order valence-electron chi connectivity index (χ0n) is 9.11. The number of unbranched alkanes of at least 4 members (excludes halogenated alkanes) is 2. The largest absolute Gasteiger partial charge is 0.244 e. The van der Waals surface area contributed by atoms with Crippen LogP contribution in [-0.4, -0.2) is 5.67 Å². The SMILES string of the molecule is CCCCCC1CCC(C)(F)CC1. The molecule has 0 unspecified atom stereocenters. The van der Waals surface area contributed by atoms with Gasteiger partial charge in [0.1, 0.15) is 5.67 Å². The molecule has 0 radical (unpaired) electrons. The standard InChI is InChI=1S/C12H23F/c1-3-4-5-6-11-7-9-12(2,13)10-8-11/h11H,3-10H2,1-2H3. The summed E-state index contributed by atoms with van der Waals surface area (Å²) in [6.45, 7) is 3.99. The summed E-state index contributed by atoms with van der Waals surface area (Å²) >= 11 is 0. The van der Waals surface area contributed by atoms with Crippen molar-refractivity contribution >= 4 is 0 Å². The lowest BCUT2D eigenvalue weighted by atomic mass is 9.79. The van der Waals surface area contributed by atoms with E-state index in [9.17, 15) is 4.39 Å². The predicted molar refractivity (Wildman–Crippen MR) is 55.6 cm³/mol. The Kier molecular flexibility index (Phi) is 4.21. The van der Waals surface area contributed by atoms with Crippen LogP contribution in [0.5, 0.6) is 0 Å². The van der Waals surface area contributed by atoms with E-state index in [0.29, 0.717) is 0 Å². The highest BCUT2D eigenvalue weighted by atomic mass is 19.1. The van der Waals surface area contributed by atoms with Crippen LogP contribution in [0.1, 0.15) is 65.2 Å². The monoisotopic (exact) mass is 186 g/mol. The highest BCUT2D eigenvalue weighted by Crippen LogP contribution is 2.36. The van der Waals surface area contributed by atoms with Gasteiger partial charge in [0.25, 0.3) is 0 Å². The third-order valence-corrected chi connectivity index (χ3v) is 3.36. The van der Waals surface area contributed by atoms with Crippen molar-refractivity contribution < 1.29 is 4.39 Å². The molecule has 0 amide bonds. The molecule has 1 fully saturated rings. The number of alkyl halides is 1. The summed E-state index contributed by atoms with van der Waals surface area (Å²) in [4.78, 5) is 0. The second kappa shape index (κ2) is 4.97. The van der Waals surface area contributed by atoms with Crippen LogP contribution in [0.15, 0.2) is 0 Å². The Morgan fingerprint density at radius 2 is 1.85 bits per heavy atom. The van der Waals surface area contributed by atoms with Crippen molar-refractivity contribution in [1.29, 1.82) is 0 Å². The molecular formula is C12H23F. The van der Waals surface area contributed by atoms with Crippen molar-refractivity contribution in [3.63, 3.8) is 0 Å². The zero-order chi connectivity index (χ0) is 9.73. The van der Waals surface area contributed by atoms with E-state index in [1.807, 2.05) is 0 Å². The van der Waals surface area contributed by atoms with Gasteiger partial charge in [0.15, 0.2) is 0 Å². The summed E-state index contributed by atoms with van der Waals surface area (Å²) in [7, 11) is 0. The van der Waals surface area contributed by atoms with E-state index < -0.39 is 5.67 Å². The second-order valence-corrected chi connectivity index (χ2v) is 4.85. The van der Waals surface area contributed by atoms with Crippen molar-refractivity contribution in [2.24, 2.45) is 5.92 Å². The van der Waals surface area contributed by atoms with E-state index in [1.165, 1.54) is 25.7 Å². The van der Waals surface area contributed by atoms with Crippen LogP contribution < -0.4 is 0 Å². The molecular weight excluding hydrogens is 163 g/mol. The molecule has 1 rings (SSSR count). The Hall–Kier alpha value is -0.0700. The summed E-state index contributed by atoms with van der Waals surface area (Å²) in [5, 5.41) is 0. The number of halogens is 1. The summed E-state index contributed by atoms with van der Waals surface area (Å²) in [5.41, 5.74) is -0.846. The molecule has 0 bridgehead atoms. The molecule has 0 atom stereocenters. The first-order chi connectivity index (χ1) is 6.14. The van der Waals surface area contributed by atoms with Gasteiger partial charge in [0.05, 0.1) is 0 Å². The number of hydrogen-bond donors (Lipinski definition) is 0. The van der Waals surface area contributed by atoms with Crippen molar-refractivity contribution in [2.45, 2.75) is 70.9 Å². The van der Waals surface area contributed by atoms with Gasteiger partial charge in [-0.05, 0) is 38.5 Å². The Morgan fingerprint density at radius 1 is 1.23 bits per heavy atom. The first kappa shape index (κ1) is 11.0. The third-order valence-electron chi connectivity index (χ3n) is 3.36. The van der Waals surface area contributed by atoms with Gasteiger partial charge in [0, 0.05) is 0 Å². The van der Waals surface area contributed by atoms with E-state index in [4.69, 9.17) is 0 Å². The average molecular weight is 186 g/mol. The number of hydrogen-bond acceptors (Lipinski definition) is 0. The highest BCUT2D eigenvalue weighted by Gasteiger charge is 2.29. The van der Waals surface area contributed by atoms with Gasteiger partial charge in [0.2, 0.25) is 0 Å². The Bertz CT molecular complexity index is 130. The number of rotatable bonds is 4. The lowest BCUT2D eigenvalue weighted by Gasteiger charge is -2.31. The molecule has 1 saturated carbocycles. The molecule has 0 saturated heterocycles. The quantitative estimate of drug-likeness (QED) is 0.568. The summed E-state index contributed by atoms with van der Waals surface area (Å²) in [6.07, 6.45) is 9.17. The predicted octanol–water partition coefficient (Wildman–Crippen LogP) is 4.49. The molecule has 0 aliphatic heterocycles. The first-order valence-corrected chi connectivity index (χ1v) is 5.83. The molecule has 0 aromatic carbocycles. The van der Waals surface area contributed by atoms with Crippen LogP contribution in [0.4, 0.5) is 4.39 Å². The van der Waals surface area contributed by atoms with Crippen molar-refractivity contribution in [3.05, 3.63) is 0 Å². The fourth-order valence-corrected chi connectivity index (χ4v) is 2.25. The van der Waals surface area contributed by atoms with Crippen LogP contribution in [0.2, 0.25) is 0 Å². The van der Waals surface area contributed by atoms with E-state index in [1.54, 1.807) is 6.92 Å². The Balaban J connectivity index is 2.11. The highest BCUT2D eigenvalue weighted by molar-refractivity contribution is 4.81. The first-order valence-electron chi connectivity index (χ1n) is 5.83. The van der Waals surface area contributed by atoms with Crippen LogP contribution in [0.25, 0.3) is 0 Å². The maximum absolute atomic E-state index is 13.4. The zero-order valence-corrected chi connectivity index (χ0v) is 9.11. The fourth-order valence-electron chi connectivity index (χ4n) is 2.25. The average Bonchev–Trinajstić information content (AvgIpc) is 2.08. The van der Waals surface area contributed by atoms with E-state index in [-0.39, 0.29) is 0 Å². The molecule has 0 aromatic heterocycles. The maximum Gasteiger partial charge on any atom is 0.108 e. The van der Waals surface area contributed by atoms with Gasteiger partial charge in [-0.2, -0.15) is 0 Å². The van der Waals surface area contributed by atoms with Gasteiger partial charge in [-0.3, -0.25) is 0 Å². The van der Waals surface area contributed by atoms with Crippen LogP contribution in [0.3, 0.4) is 0 Å². The smallest absolute Gasteiger partial charge is 0.108 e. The molecule has 0 aromatic rings. The van der Waals surface area contributed by atoms with Crippen molar-refractivity contribution in [3.8, 4) is 0 Å². The lowest BCUT2D eigenvalue weighted by molar-refractivity contribution is 0.0999. The van der Waals surface area contributed by atoms with E-state index in [0.717, 1.165) is 31.6 Å².